The van der Waals surface area contributed by atoms with Crippen LogP contribution in [0.3, 0.4) is 0 Å². The maximum atomic E-state index is 13.8. The summed E-state index contributed by atoms with van der Waals surface area (Å²) in [6, 6.07) is 9.01. The number of carbonyl (C=O) groups excluding carboxylic acids is 2. The minimum absolute atomic E-state index is 0.100. The molecule has 0 aromatic heterocycles. The Balaban J connectivity index is 2.10. The highest BCUT2D eigenvalue weighted by Crippen LogP contribution is 2.23. The Hall–Kier alpha value is -2.83. The molecule has 0 spiro atoms. The normalized spacial score (nSPS) is 10.3. The van der Waals surface area contributed by atoms with Crippen LogP contribution in [0, 0.1) is 17.5 Å². The highest BCUT2D eigenvalue weighted by atomic mass is 19.1. The smallest absolute Gasteiger partial charge is 0.240 e. The van der Waals surface area contributed by atoms with Crippen LogP contribution < -0.4 is 10.2 Å². The van der Waals surface area contributed by atoms with Crippen LogP contribution in [-0.2, 0) is 16.1 Å². The molecule has 0 radical (unpaired) electrons. The largest absolute Gasteiger partial charge is 0.350 e. The van der Waals surface area contributed by atoms with E-state index in [0.29, 0.717) is 4.90 Å². The van der Waals surface area contributed by atoms with Crippen molar-refractivity contribution in [2.24, 2.45) is 0 Å². The van der Waals surface area contributed by atoms with E-state index in [1.54, 1.807) is 6.07 Å². The Morgan fingerprint density at radius 1 is 0.958 bits per heavy atom. The van der Waals surface area contributed by atoms with Gasteiger partial charge in [-0.25, -0.2) is 13.2 Å². The lowest BCUT2D eigenvalue weighted by Crippen LogP contribution is -2.40. The number of hydrogen-bond acceptors (Lipinski definition) is 2. The molecule has 0 aliphatic heterocycles. The number of hydrogen-bond donors (Lipinski definition) is 1. The molecule has 2 aromatic rings. The highest BCUT2D eigenvalue weighted by Gasteiger charge is 2.22. The van der Waals surface area contributed by atoms with Crippen molar-refractivity contribution in [3.05, 3.63) is 65.5 Å². The number of rotatable bonds is 5. The summed E-state index contributed by atoms with van der Waals surface area (Å²) >= 11 is 0. The first-order chi connectivity index (χ1) is 11.4. The van der Waals surface area contributed by atoms with Gasteiger partial charge in [0.1, 0.15) is 29.7 Å². The van der Waals surface area contributed by atoms with E-state index in [1.807, 2.05) is 0 Å². The lowest BCUT2D eigenvalue weighted by atomic mass is 10.2. The molecule has 0 saturated carbocycles. The second-order valence-corrected chi connectivity index (χ2v) is 5.04. The van der Waals surface area contributed by atoms with Crippen molar-refractivity contribution in [1.29, 1.82) is 0 Å². The van der Waals surface area contributed by atoms with Crippen molar-refractivity contribution in [1.82, 2.24) is 5.32 Å². The Labute approximate surface area is 136 Å². The summed E-state index contributed by atoms with van der Waals surface area (Å²) in [4.78, 5) is 24.3. The maximum Gasteiger partial charge on any atom is 0.240 e. The summed E-state index contributed by atoms with van der Waals surface area (Å²) in [6.45, 7) is 0.411. The predicted molar refractivity (Wildman–Crippen MR) is 82.6 cm³/mol. The zero-order chi connectivity index (χ0) is 17.7. The van der Waals surface area contributed by atoms with Crippen LogP contribution in [0.2, 0.25) is 0 Å². The Bertz CT molecular complexity index is 745. The van der Waals surface area contributed by atoms with Gasteiger partial charge in [0.05, 0.1) is 0 Å². The third kappa shape index (κ3) is 4.13. The van der Waals surface area contributed by atoms with Gasteiger partial charge in [-0.15, -0.1) is 0 Å². The average molecular weight is 336 g/mol. The number of benzene rings is 2. The highest BCUT2D eigenvalue weighted by molar-refractivity contribution is 5.97. The van der Waals surface area contributed by atoms with Crippen LogP contribution in [0.1, 0.15) is 12.5 Å². The molecule has 126 valence electrons. The average Bonchev–Trinajstić information content (AvgIpc) is 2.52. The number of nitrogens with one attached hydrogen (secondary N) is 1. The molecule has 0 unspecified atom stereocenters. The number of para-hydroxylation sites is 1. The third-order valence-corrected chi connectivity index (χ3v) is 3.32. The fourth-order valence-corrected chi connectivity index (χ4v) is 2.13. The topological polar surface area (TPSA) is 49.4 Å². The van der Waals surface area contributed by atoms with Gasteiger partial charge in [0.2, 0.25) is 11.8 Å². The van der Waals surface area contributed by atoms with Gasteiger partial charge in [0.25, 0.3) is 0 Å². The van der Waals surface area contributed by atoms with Crippen LogP contribution in [0.25, 0.3) is 0 Å². The molecule has 0 atom stereocenters. The van der Waals surface area contributed by atoms with Crippen LogP contribution in [0.5, 0.6) is 0 Å². The van der Waals surface area contributed by atoms with Gasteiger partial charge in [-0.1, -0.05) is 24.3 Å². The van der Waals surface area contributed by atoms with Crippen LogP contribution in [0.4, 0.5) is 18.9 Å². The second kappa shape index (κ2) is 7.63. The number of carbonyl (C=O) groups is 2. The zero-order valence-electron chi connectivity index (χ0n) is 12.9. The molecule has 0 heterocycles. The van der Waals surface area contributed by atoms with E-state index in [1.165, 1.54) is 18.2 Å². The van der Waals surface area contributed by atoms with Gasteiger partial charge in [-0.2, -0.15) is 0 Å². The van der Waals surface area contributed by atoms with E-state index >= 15 is 0 Å². The van der Waals surface area contributed by atoms with E-state index in [0.717, 1.165) is 25.1 Å². The van der Waals surface area contributed by atoms with Gasteiger partial charge < -0.3 is 5.32 Å². The van der Waals surface area contributed by atoms with Crippen molar-refractivity contribution >= 4 is 17.5 Å². The first-order valence-corrected chi connectivity index (χ1v) is 7.12. The van der Waals surface area contributed by atoms with E-state index in [9.17, 15) is 22.8 Å². The summed E-state index contributed by atoms with van der Waals surface area (Å²) in [5, 5.41) is 2.42. The molecule has 0 saturated heterocycles. The van der Waals surface area contributed by atoms with Crippen molar-refractivity contribution in [2.75, 3.05) is 11.4 Å². The minimum atomic E-state index is -0.952. The molecule has 2 amide bonds. The van der Waals surface area contributed by atoms with Crippen LogP contribution in [0.15, 0.2) is 42.5 Å². The molecule has 4 nitrogen and oxygen atoms in total. The maximum absolute atomic E-state index is 13.8. The SMILES string of the molecule is CC(=O)N(CC(=O)NCc1ccccc1F)c1c(F)cccc1F. The number of halogens is 3. The summed E-state index contributed by atoms with van der Waals surface area (Å²) in [5.74, 6) is -3.75. The lowest BCUT2D eigenvalue weighted by molar-refractivity contribution is -0.123. The molecule has 0 aliphatic carbocycles. The monoisotopic (exact) mass is 336 g/mol. The summed E-state index contributed by atoms with van der Waals surface area (Å²) in [7, 11) is 0. The fourth-order valence-electron chi connectivity index (χ4n) is 2.13. The second-order valence-electron chi connectivity index (χ2n) is 5.04. The van der Waals surface area contributed by atoms with Gasteiger partial charge in [-0.05, 0) is 18.2 Å². The molecule has 1 N–H and O–H groups in total. The van der Waals surface area contributed by atoms with E-state index < -0.39 is 41.5 Å². The summed E-state index contributed by atoms with van der Waals surface area (Å²) in [6.07, 6.45) is 0. The van der Waals surface area contributed by atoms with E-state index in [2.05, 4.69) is 5.32 Å². The Kier molecular flexibility index (Phi) is 5.57. The van der Waals surface area contributed by atoms with E-state index in [4.69, 9.17) is 0 Å². The first kappa shape index (κ1) is 17.5. The molecule has 7 heteroatoms. The number of nitrogens with zero attached hydrogens (tertiary/aromatic N) is 1. The van der Waals surface area contributed by atoms with Gasteiger partial charge >= 0.3 is 0 Å². The standard InChI is InChI=1S/C17H15F3N2O2/c1-11(23)22(17-14(19)7-4-8-15(17)20)10-16(24)21-9-12-5-2-3-6-13(12)18/h2-8H,9-10H2,1H3,(H,21,24). The summed E-state index contributed by atoms with van der Waals surface area (Å²) in [5.41, 5.74) is -0.330. The van der Waals surface area contributed by atoms with Gasteiger partial charge in [0, 0.05) is 19.0 Å². The molecular weight excluding hydrogens is 321 g/mol. The molecular formula is C17H15F3N2O2. The quantitative estimate of drug-likeness (QED) is 0.913. The minimum Gasteiger partial charge on any atom is -0.350 e. The molecule has 2 rings (SSSR count). The third-order valence-electron chi connectivity index (χ3n) is 3.32. The van der Waals surface area contributed by atoms with Crippen LogP contribution in [-0.4, -0.2) is 18.4 Å². The Morgan fingerprint density at radius 2 is 1.54 bits per heavy atom. The molecule has 24 heavy (non-hydrogen) atoms. The van der Waals surface area contributed by atoms with Crippen molar-refractivity contribution in [2.45, 2.75) is 13.5 Å². The zero-order valence-corrected chi connectivity index (χ0v) is 12.9. The first-order valence-electron chi connectivity index (χ1n) is 7.12. The number of amides is 2. The number of anilines is 1. The van der Waals surface area contributed by atoms with E-state index in [-0.39, 0.29) is 12.1 Å². The van der Waals surface area contributed by atoms with Gasteiger partial charge in [0.15, 0.2) is 0 Å². The van der Waals surface area contributed by atoms with Gasteiger partial charge in [-0.3, -0.25) is 14.5 Å². The molecule has 0 fully saturated rings. The molecule has 0 aliphatic rings. The van der Waals surface area contributed by atoms with Crippen molar-refractivity contribution in [3.8, 4) is 0 Å². The van der Waals surface area contributed by atoms with Crippen molar-refractivity contribution in [3.63, 3.8) is 0 Å². The van der Waals surface area contributed by atoms with Crippen molar-refractivity contribution < 1.29 is 22.8 Å². The Morgan fingerprint density at radius 3 is 2.12 bits per heavy atom. The van der Waals surface area contributed by atoms with Crippen LogP contribution >= 0.6 is 0 Å². The predicted octanol–water partition coefficient (Wildman–Crippen LogP) is 2.77. The fraction of sp³-hybridized carbons (Fsp3) is 0.176. The molecule has 2 aromatic carbocycles. The summed E-state index contributed by atoms with van der Waals surface area (Å²) < 4.78 is 41.1. The lowest BCUT2D eigenvalue weighted by Gasteiger charge is -2.21. The molecule has 0 bridgehead atoms.